The molecule has 1 nitrogen and oxygen atoms in total. The van der Waals surface area contributed by atoms with Crippen molar-refractivity contribution in [1.82, 2.24) is 4.98 Å². The minimum atomic E-state index is 0.227. The molecular weight excluding hydrogens is 218 g/mol. The van der Waals surface area contributed by atoms with Gasteiger partial charge in [0.05, 0.1) is 0 Å². The zero-order valence-corrected chi connectivity index (χ0v) is 10.9. The Bertz CT molecular complexity index is 338. The molecule has 16 heavy (non-hydrogen) atoms. The number of alkyl halides is 1. The second kappa shape index (κ2) is 4.75. The van der Waals surface area contributed by atoms with E-state index in [1.165, 1.54) is 31.2 Å². The normalized spacial score (nSPS) is 20.9. The number of halogens is 1. The van der Waals surface area contributed by atoms with Gasteiger partial charge in [0.1, 0.15) is 0 Å². The molecule has 0 bridgehead atoms. The molecule has 0 aromatic carbocycles. The van der Waals surface area contributed by atoms with Gasteiger partial charge < -0.3 is 0 Å². The van der Waals surface area contributed by atoms with E-state index in [4.69, 9.17) is 11.6 Å². The molecule has 1 aromatic heterocycles. The summed E-state index contributed by atoms with van der Waals surface area (Å²) in [5, 5.41) is 0.227. The predicted molar refractivity (Wildman–Crippen MR) is 68.9 cm³/mol. The fraction of sp³-hybridized carbons (Fsp3) is 0.643. The van der Waals surface area contributed by atoms with Crippen molar-refractivity contribution in [2.45, 2.75) is 51.3 Å². The van der Waals surface area contributed by atoms with Gasteiger partial charge in [0.15, 0.2) is 0 Å². The van der Waals surface area contributed by atoms with Gasteiger partial charge in [-0.1, -0.05) is 25.8 Å². The van der Waals surface area contributed by atoms with E-state index in [9.17, 15) is 0 Å². The second-order valence-electron chi connectivity index (χ2n) is 5.36. The van der Waals surface area contributed by atoms with Crippen LogP contribution in [0.4, 0.5) is 0 Å². The number of aryl methyl sites for hydroxylation is 1. The summed E-state index contributed by atoms with van der Waals surface area (Å²) < 4.78 is 0. The topological polar surface area (TPSA) is 12.9 Å². The lowest BCUT2D eigenvalue weighted by Crippen LogP contribution is -2.27. The number of hydrogen-bond acceptors (Lipinski definition) is 1. The van der Waals surface area contributed by atoms with E-state index in [0.29, 0.717) is 5.41 Å². The van der Waals surface area contributed by atoms with Gasteiger partial charge in [-0.15, -0.1) is 11.6 Å². The Kier molecular flexibility index (Phi) is 3.53. The lowest BCUT2D eigenvalue weighted by Gasteiger charge is -2.29. The van der Waals surface area contributed by atoms with E-state index in [0.717, 1.165) is 12.1 Å². The lowest BCUT2D eigenvalue weighted by molar-refractivity contribution is 0.315. The summed E-state index contributed by atoms with van der Waals surface area (Å²) in [7, 11) is 0. The Morgan fingerprint density at radius 3 is 2.62 bits per heavy atom. The van der Waals surface area contributed by atoms with Gasteiger partial charge in [-0.05, 0) is 36.8 Å². The Labute approximate surface area is 103 Å². The van der Waals surface area contributed by atoms with Gasteiger partial charge >= 0.3 is 0 Å². The molecule has 1 aliphatic rings. The largest absolute Gasteiger partial charge is 0.261 e. The summed E-state index contributed by atoms with van der Waals surface area (Å²) >= 11 is 6.56. The summed E-state index contributed by atoms with van der Waals surface area (Å²) in [4.78, 5) is 4.44. The van der Waals surface area contributed by atoms with Gasteiger partial charge in [0.25, 0.3) is 0 Å². The van der Waals surface area contributed by atoms with Gasteiger partial charge in [-0.25, -0.2) is 0 Å². The molecule has 0 radical (unpaired) electrons. The van der Waals surface area contributed by atoms with E-state index in [1.54, 1.807) is 0 Å². The molecule has 1 aliphatic carbocycles. The number of nitrogens with zero attached hydrogens (tertiary/aromatic N) is 1. The van der Waals surface area contributed by atoms with Crippen molar-refractivity contribution < 1.29 is 0 Å². The first-order valence-electron chi connectivity index (χ1n) is 6.16. The first-order valence-corrected chi connectivity index (χ1v) is 6.59. The molecule has 1 aromatic rings. The summed E-state index contributed by atoms with van der Waals surface area (Å²) in [6.07, 6.45) is 8.04. The van der Waals surface area contributed by atoms with Crippen molar-refractivity contribution in [2.24, 2.45) is 5.41 Å². The van der Waals surface area contributed by atoms with Gasteiger partial charge in [0, 0.05) is 23.7 Å². The molecule has 0 saturated heterocycles. The maximum Gasteiger partial charge on any atom is 0.0445 e. The van der Waals surface area contributed by atoms with Gasteiger partial charge in [-0.2, -0.15) is 0 Å². The van der Waals surface area contributed by atoms with Crippen LogP contribution < -0.4 is 0 Å². The molecule has 1 heterocycles. The minimum Gasteiger partial charge on any atom is -0.261 e. The lowest BCUT2D eigenvalue weighted by atomic mass is 9.83. The third-order valence-corrected chi connectivity index (χ3v) is 4.54. The number of aromatic nitrogens is 1. The number of pyridine rings is 1. The molecule has 1 saturated carbocycles. The molecule has 0 N–H and O–H groups in total. The fourth-order valence-electron chi connectivity index (χ4n) is 2.55. The van der Waals surface area contributed by atoms with Gasteiger partial charge in [0.2, 0.25) is 0 Å². The highest BCUT2D eigenvalue weighted by molar-refractivity contribution is 6.21. The first-order chi connectivity index (χ1) is 7.60. The zero-order valence-electron chi connectivity index (χ0n) is 10.2. The fourth-order valence-corrected chi connectivity index (χ4v) is 2.92. The van der Waals surface area contributed by atoms with E-state index >= 15 is 0 Å². The van der Waals surface area contributed by atoms with Crippen LogP contribution in [0, 0.1) is 12.3 Å². The van der Waals surface area contributed by atoms with E-state index in [1.807, 2.05) is 6.20 Å². The van der Waals surface area contributed by atoms with Crippen molar-refractivity contribution in [2.75, 3.05) is 0 Å². The monoisotopic (exact) mass is 237 g/mol. The third kappa shape index (κ3) is 2.57. The van der Waals surface area contributed by atoms with Crippen molar-refractivity contribution >= 4 is 11.6 Å². The van der Waals surface area contributed by atoms with Crippen LogP contribution in [0.25, 0.3) is 0 Å². The molecule has 0 amide bonds. The second-order valence-corrected chi connectivity index (χ2v) is 5.89. The smallest absolute Gasteiger partial charge is 0.0445 e. The Balaban J connectivity index is 2.01. The summed E-state index contributed by atoms with van der Waals surface area (Å²) in [6.45, 7) is 4.39. The van der Waals surface area contributed by atoms with Crippen molar-refractivity contribution in [3.8, 4) is 0 Å². The highest BCUT2D eigenvalue weighted by Gasteiger charge is 2.35. The summed E-state index contributed by atoms with van der Waals surface area (Å²) in [5.74, 6) is 0. The molecular formula is C14H20ClN. The van der Waals surface area contributed by atoms with E-state index in [2.05, 4.69) is 31.0 Å². The SMILES string of the molecule is Cc1ccc(CC(Cl)C2(C)CCCC2)nc1. The van der Waals surface area contributed by atoms with Crippen LogP contribution in [0.15, 0.2) is 18.3 Å². The first kappa shape index (κ1) is 11.9. The summed E-state index contributed by atoms with van der Waals surface area (Å²) in [5.41, 5.74) is 2.66. The average Bonchev–Trinajstić information content (AvgIpc) is 2.70. The molecule has 1 atom stereocenters. The van der Waals surface area contributed by atoms with Crippen LogP contribution in [-0.4, -0.2) is 10.4 Å². The maximum atomic E-state index is 6.56. The molecule has 1 unspecified atom stereocenters. The Morgan fingerprint density at radius 2 is 2.06 bits per heavy atom. The van der Waals surface area contributed by atoms with Crippen LogP contribution in [0.3, 0.4) is 0 Å². The van der Waals surface area contributed by atoms with Crippen molar-refractivity contribution in [3.63, 3.8) is 0 Å². The van der Waals surface area contributed by atoms with Crippen molar-refractivity contribution in [1.29, 1.82) is 0 Å². The van der Waals surface area contributed by atoms with Crippen molar-refractivity contribution in [3.05, 3.63) is 29.6 Å². The highest BCUT2D eigenvalue weighted by atomic mass is 35.5. The van der Waals surface area contributed by atoms with E-state index < -0.39 is 0 Å². The Hall–Kier alpha value is -0.560. The van der Waals surface area contributed by atoms with Crippen LogP contribution in [0.5, 0.6) is 0 Å². The highest BCUT2D eigenvalue weighted by Crippen LogP contribution is 2.43. The number of rotatable bonds is 3. The van der Waals surface area contributed by atoms with Gasteiger partial charge in [-0.3, -0.25) is 4.98 Å². The van der Waals surface area contributed by atoms with E-state index in [-0.39, 0.29) is 5.38 Å². The predicted octanol–water partition coefficient (Wildman–Crippen LogP) is 4.12. The van der Waals surface area contributed by atoms with Crippen LogP contribution in [-0.2, 0) is 6.42 Å². The average molecular weight is 238 g/mol. The molecule has 2 rings (SSSR count). The minimum absolute atomic E-state index is 0.227. The quantitative estimate of drug-likeness (QED) is 0.721. The molecule has 0 spiro atoms. The molecule has 2 heteroatoms. The molecule has 88 valence electrons. The van der Waals surface area contributed by atoms with Crippen LogP contribution in [0.1, 0.15) is 43.9 Å². The standard InChI is InChI=1S/C14H20ClN/c1-11-5-6-12(16-10-11)9-13(15)14(2)7-3-4-8-14/h5-6,10,13H,3-4,7-9H2,1-2H3. The Morgan fingerprint density at radius 1 is 1.38 bits per heavy atom. The van der Waals surface area contributed by atoms with Crippen LogP contribution in [0.2, 0.25) is 0 Å². The molecule has 0 aliphatic heterocycles. The summed E-state index contributed by atoms with van der Waals surface area (Å²) in [6, 6.07) is 4.21. The third-order valence-electron chi connectivity index (χ3n) is 3.86. The van der Waals surface area contributed by atoms with Crippen LogP contribution >= 0.6 is 11.6 Å². The molecule has 1 fully saturated rings. The zero-order chi connectivity index (χ0) is 11.6. The number of hydrogen-bond donors (Lipinski definition) is 0. The maximum absolute atomic E-state index is 6.56.